The van der Waals surface area contributed by atoms with Crippen LogP contribution < -0.4 is 0 Å². The molecule has 0 nitrogen and oxygen atoms in total. The molecule has 1 aliphatic rings. The van der Waals surface area contributed by atoms with E-state index >= 15 is 0 Å². The van der Waals surface area contributed by atoms with Crippen LogP contribution in [0, 0.1) is 0 Å². The summed E-state index contributed by atoms with van der Waals surface area (Å²) in [5.41, 5.74) is 0. The fourth-order valence-corrected chi connectivity index (χ4v) is 0.102. The molecule has 0 saturated carbocycles. The molecule has 0 radical (unpaired) electrons. The summed E-state index contributed by atoms with van der Waals surface area (Å²) in [6, 6.07) is 0. The molecule has 0 aliphatic heterocycles. The molecule has 0 saturated heterocycles. The molecule has 0 aromatic heterocycles. The second-order valence-electron chi connectivity index (χ2n) is 1.25. The van der Waals surface area contributed by atoms with Crippen molar-refractivity contribution in [3.8, 4) is 0 Å². The standard InChI is InChI=1S/C3H3.Li/c1-2-3-1;/h1H,2H2;. The molecular formula is C3H3Li. The summed E-state index contributed by atoms with van der Waals surface area (Å²) >= 11 is 2.14. The summed E-state index contributed by atoms with van der Waals surface area (Å²) in [5.74, 6) is 0. The number of rotatable bonds is 0. The molecule has 0 atom stereocenters. The molecule has 0 aromatic rings. The van der Waals surface area contributed by atoms with Gasteiger partial charge in [0.1, 0.15) is 0 Å². The SMILES string of the molecule is [Li][C]1=CC1. The first-order chi connectivity index (χ1) is 1.89. The molecule has 16 valence electrons. The van der Waals surface area contributed by atoms with Crippen molar-refractivity contribution in [2.75, 3.05) is 0 Å². The fraction of sp³-hybridized carbons (Fsp3) is 0.333. The Bertz CT molecular complexity index is 54.3. The molecule has 0 aromatic carbocycles. The summed E-state index contributed by atoms with van der Waals surface area (Å²) in [7, 11) is 0. The van der Waals surface area contributed by atoms with Crippen LogP contribution in [-0.2, 0) is 0 Å². The third kappa shape index (κ3) is 0.375. The Balaban J connectivity index is 2.54. The van der Waals surface area contributed by atoms with Gasteiger partial charge in [0, 0.05) is 0 Å². The molecule has 0 amide bonds. The van der Waals surface area contributed by atoms with Crippen molar-refractivity contribution >= 4 is 17.7 Å². The predicted molar refractivity (Wildman–Crippen MR) is 18.5 cm³/mol. The van der Waals surface area contributed by atoms with Crippen LogP contribution in [0.5, 0.6) is 0 Å². The maximum absolute atomic E-state index is 2.21. The van der Waals surface area contributed by atoms with E-state index < -0.39 is 0 Å². The molecule has 0 bridgehead atoms. The predicted octanol–water partition coefficient (Wildman–Crippen LogP) is 0.442. The van der Waals surface area contributed by atoms with Gasteiger partial charge in [0.05, 0.1) is 0 Å². The van der Waals surface area contributed by atoms with Crippen molar-refractivity contribution in [1.29, 1.82) is 0 Å². The van der Waals surface area contributed by atoms with Crippen LogP contribution in [0.15, 0.2) is 10.3 Å². The molecule has 0 unspecified atom stereocenters. The zero-order valence-corrected chi connectivity index (χ0v) is 2.78. The number of hydrogen-bond acceptors (Lipinski definition) is 0. The second-order valence-corrected chi connectivity index (χ2v) is 1.25. The Hall–Kier alpha value is 0.337. The summed E-state index contributed by atoms with van der Waals surface area (Å²) < 4.78 is 1.54. The van der Waals surface area contributed by atoms with Crippen LogP contribution in [0.3, 0.4) is 0 Å². The van der Waals surface area contributed by atoms with E-state index in [2.05, 4.69) is 23.8 Å². The fourth-order valence-electron chi connectivity index (χ4n) is 0.102. The van der Waals surface area contributed by atoms with Crippen LogP contribution >= 0.6 is 0 Å². The van der Waals surface area contributed by atoms with Crippen molar-refractivity contribution in [1.82, 2.24) is 0 Å². The van der Waals surface area contributed by atoms with E-state index in [0.29, 0.717) is 0 Å². The minimum atomic E-state index is 1.28. The van der Waals surface area contributed by atoms with E-state index in [1.54, 1.807) is 4.25 Å². The van der Waals surface area contributed by atoms with Crippen LogP contribution in [-0.4, -0.2) is 17.7 Å². The Morgan fingerprint density at radius 2 is 2.25 bits per heavy atom. The summed E-state index contributed by atoms with van der Waals surface area (Å²) in [5, 5.41) is 0. The van der Waals surface area contributed by atoms with Gasteiger partial charge in [-0.1, -0.05) is 0 Å². The van der Waals surface area contributed by atoms with Gasteiger partial charge < -0.3 is 0 Å². The van der Waals surface area contributed by atoms with Crippen LogP contribution in [0.1, 0.15) is 6.42 Å². The van der Waals surface area contributed by atoms with E-state index in [1.807, 2.05) is 0 Å². The van der Waals surface area contributed by atoms with E-state index in [9.17, 15) is 0 Å². The van der Waals surface area contributed by atoms with Gasteiger partial charge in [0.2, 0.25) is 0 Å². The Labute approximate surface area is 35.1 Å². The second kappa shape index (κ2) is 0.640. The first-order valence-corrected chi connectivity index (χ1v) is 1.55. The topological polar surface area (TPSA) is 0 Å². The van der Waals surface area contributed by atoms with E-state index in [4.69, 9.17) is 0 Å². The molecular weight excluding hydrogens is 43.0 g/mol. The van der Waals surface area contributed by atoms with Crippen molar-refractivity contribution < 1.29 is 0 Å². The van der Waals surface area contributed by atoms with Gasteiger partial charge in [-0.2, -0.15) is 0 Å². The van der Waals surface area contributed by atoms with Gasteiger partial charge in [0.25, 0.3) is 0 Å². The number of hydrogen-bond donors (Lipinski definition) is 0. The third-order valence-electron chi connectivity index (χ3n) is 0.612. The molecule has 4 heavy (non-hydrogen) atoms. The Kier molecular flexibility index (Phi) is 0.411. The first-order valence-electron chi connectivity index (χ1n) is 1.55. The minimum absolute atomic E-state index is 1.28. The van der Waals surface area contributed by atoms with Gasteiger partial charge in [-0.05, 0) is 0 Å². The van der Waals surface area contributed by atoms with E-state index in [-0.39, 0.29) is 0 Å². The van der Waals surface area contributed by atoms with E-state index in [1.165, 1.54) is 6.42 Å². The Morgan fingerprint density at radius 1 is 2.00 bits per heavy atom. The normalized spacial score (nSPS) is 20.0. The summed E-state index contributed by atoms with van der Waals surface area (Å²) in [6.45, 7) is 0. The zero-order valence-electron chi connectivity index (χ0n) is 2.78. The number of allylic oxidation sites excluding steroid dienone is 2. The van der Waals surface area contributed by atoms with Gasteiger partial charge in [0.15, 0.2) is 0 Å². The summed E-state index contributed by atoms with van der Waals surface area (Å²) in [6.07, 6.45) is 3.49. The average Bonchev–Trinajstić information content (AvgIpc) is 1.75. The van der Waals surface area contributed by atoms with Crippen molar-refractivity contribution in [2.45, 2.75) is 6.42 Å². The van der Waals surface area contributed by atoms with Crippen LogP contribution in [0.25, 0.3) is 0 Å². The van der Waals surface area contributed by atoms with Gasteiger partial charge in [-0.15, -0.1) is 0 Å². The van der Waals surface area contributed by atoms with Crippen molar-refractivity contribution in [2.24, 2.45) is 0 Å². The molecule has 0 fully saturated rings. The molecule has 1 heteroatoms. The molecule has 0 spiro atoms. The van der Waals surface area contributed by atoms with Crippen molar-refractivity contribution in [3.05, 3.63) is 10.3 Å². The molecule has 1 rings (SSSR count). The van der Waals surface area contributed by atoms with Crippen molar-refractivity contribution in [3.63, 3.8) is 0 Å². The maximum atomic E-state index is 2.21. The first kappa shape index (κ1) is 2.57. The van der Waals surface area contributed by atoms with Gasteiger partial charge in [-0.25, -0.2) is 0 Å². The van der Waals surface area contributed by atoms with Crippen LogP contribution in [0.2, 0.25) is 0 Å². The van der Waals surface area contributed by atoms with Crippen LogP contribution in [0.4, 0.5) is 0 Å². The van der Waals surface area contributed by atoms with Gasteiger partial charge in [-0.3, -0.25) is 0 Å². The van der Waals surface area contributed by atoms with Gasteiger partial charge >= 0.3 is 34.5 Å². The Morgan fingerprint density at radius 3 is 2.25 bits per heavy atom. The van der Waals surface area contributed by atoms with E-state index in [0.717, 1.165) is 0 Å². The molecule has 0 N–H and O–H groups in total. The third-order valence-corrected chi connectivity index (χ3v) is 0.612. The quantitative estimate of drug-likeness (QED) is 0.347. The molecule has 0 heterocycles. The molecule has 1 aliphatic carbocycles. The zero-order chi connectivity index (χ0) is 2.99. The monoisotopic (exact) mass is 46.0 g/mol. The average molecular weight is 46.0 g/mol. The summed E-state index contributed by atoms with van der Waals surface area (Å²) in [4.78, 5) is 0.